The second-order valence-electron chi connectivity index (χ2n) is 3.98. The highest BCUT2D eigenvalue weighted by Crippen LogP contribution is 2.17. The van der Waals surface area contributed by atoms with Crippen molar-refractivity contribution in [1.29, 1.82) is 0 Å². The number of amides is 1. The van der Waals surface area contributed by atoms with Crippen LogP contribution in [-0.2, 0) is 11.3 Å². The standard InChI is InChI=1S/C12H13F2N3O/c1-2-3-15-12(18)6-17-7-16-10-4-8(13)9(14)5-11(10)17/h4-5,7H,2-3,6H2,1H3,(H,15,18). The lowest BCUT2D eigenvalue weighted by molar-refractivity contribution is -0.121. The van der Waals surface area contributed by atoms with Crippen molar-refractivity contribution in [2.45, 2.75) is 19.9 Å². The van der Waals surface area contributed by atoms with E-state index in [0.29, 0.717) is 17.6 Å². The van der Waals surface area contributed by atoms with E-state index in [-0.39, 0.29) is 12.5 Å². The average Bonchev–Trinajstić information content (AvgIpc) is 2.70. The molecule has 0 spiro atoms. The molecule has 0 aliphatic carbocycles. The topological polar surface area (TPSA) is 46.9 Å². The lowest BCUT2D eigenvalue weighted by Crippen LogP contribution is -2.27. The fourth-order valence-electron chi connectivity index (χ4n) is 1.65. The van der Waals surface area contributed by atoms with E-state index >= 15 is 0 Å². The van der Waals surface area contributed by atoms with Gasteiger partial charge >= 0.3 is 0 Å². The van der Waals surface area contributed by atoms with Gasteiger partial charge in [-0.05, 0) is 6.42 Å². The number of benzene rings is 1. The zero-order chi connectivity index (χ0) is 13.1. The monoisotopic (exact) mass is 253 g/mol. The molecular weight excluding hydrogens is 240 g/mol. The van der Waals surface area contributed by atoms with Crippen molar-refractivity contribution in [3.05, 3.63) is 30.1 Å². The van der Waals surface area contributed by atoms with Gasteiger partial charge in [-0.15, -0.1) is 0 Å². The molecule has 0 saturated carbocycles. The number of imidazole rings is 1. The van der Waals surface area contributed by atoms with Crippen LogP contribution >= 0.6 is 0 Å². The Morgan fingerprint density at radius 1 is 1.39 bits per heavy atom. The Kier molecular flexibility index (Phi) is 3.55. The highest BCUT2D eigenvalue weighted by molar-refractivity contribution is 5.80. The van der Waals surface area contributed by atoms with Crippen molar-refractivity contribution in [2.75, 3.05) is 6.54 Å². The molecule has 1 amide bonds. The van der Waals surface area contributed by atoms with Crippen LogP contribution < -0.4 is 5.32 Å². The van der Waals surface area contributed by atoms with Crippen molar-refractivity contribution >= 4 is 16.9 Å². The Labute approximate surface area is 103 Å². The Morgan fingerprint density at radius 2 is 2.11 bits per heavy atom. The van der Waals surface area contributed by atoms with Crippen LogP contribution in [0.25, 0.3) is 11.0 Å². The van der Waals surface area contributed by atoms with E-state index in [1.54, 1.807) is 0 Å². The van der Waals surface area contributed by atoms with Crippen LogP contribution in [-0.4, -0.2) is 22.0 Å². The molecule has 0 aliphatic rings. The molecule has 18 heavy (non-hydrogen) atoms. The van der Waals surface area contributed by atoms with Crippen LogP contribution in [0.5, 0.6) is 0 Å². The molecule has 0 radical (unpaired) electrons. The number of halogens is 2. The van der Waals surface area contributed by atoms with E-state index in [2.05, 4.69) is 10.3 Å². The van der Waals surface area contributed by atoms with Gasteiger partial charge in [-0.2, -0.15) is 0 Å². The van der Waals surface area contributed by atoms with Crippen molar-refractivity contribution in [3.8, 4) is 0 Å². The fourth-order valence-corrected chi connectivity index (χ4v) is 1.65. The van der Waals surface area contributed by atoms with E-state index in [1.165, 1.54) is 10.9 Å². The highest BCUT2D eigenvalue weighted by atomic mass is 19.2. The maximum Gasteiger partial charge on any atom is 0.239 e. The molecule has 0 atom stereocenters. The van der Waals surface area contributed by atoms with E-state index in [9.17, 15) is 13.6 Å². The Balaban J connectivity index is 2.24. The molecule has 2 aromatic rings. The molecule has 0 fully saturated rings. The van der Waals surface area contributed by atoms with Crippen LogP contribution in [0.2, 0.25) is 0 Å². The summed E-state index contributed by atoms with van der Waals surface area (Å²) in [7, 11) is 0. The summed E-state index contributed by atoms with van der Waals surface area (Å²) < 4.78 is 27.6. The van der Waals surface area contributed by atoms with Crippen molar-refractivity contribution in [3.63, 3.8) is 0 Å². The first kappa shape index (κ1) is 12.5. The van der Waals surface area contributed by atoms with Gasteiger partial charge < -0.3 is 9.88 Å². The van der Waals surface area contributed by atoms with E-state index in [1.807, 2.05) is 6.92 Å². The molecule has 0 saturated heterocycles. The van der Waals surface area contributed by atoms with Crippen LogP contribution in [0, 0.1) is 11.6 Å². The number of carbonyl (C=O) groups excluding carboxylic acids is 1. The number of hydrogen-bond donors (Lipinski definition) is 1. The van der Waals surface area contributed by atoms with Crippen LogP contribution in [0.15, 0.2) is 18.5 Å². The van der Waals surface area contributed by atoms with Crippen LogP contribution in [0.4, 0.5) is 8.78 Å². The minimum Gasteiger partial charge on any atom is -0.355 e. The van der Waals surface area contributed by atoms with Gasteiger partial charge in [0.15, 0.2) is 11.6 Å². The first-order valence-electron chi connectivity index (χ1n) is 5.68. The second-order valence-corrected chi connectivity index (χ2v) is 3.98. The minimum absolute atomic E-state index is 0.0432. The van der Waals surface area contributed by atoms with Crippen molar-refractivity contribution in [2.24, 2.45) is 0 Å². The molecule has 0 aliphatic heterocycles. The van der Waals surface area contributed by atoms with Gasteiger partial charge in [-0.25, -0.2) is 13.8 Å². The quantitative estimate of drug-likeness (QED) is 0.903. The normalized spacial score (nSPS) is 10.8. The Morgan fingerprint density at radius 3 is 2.83 bits per heavy atom. The second kappa shape index (κ2) is 5.12. The van der Waals surface area contributed by atoms with Gasteiger partial charge in [0.05, 0.1) is 17.4 Å². The molecular formula is C12H13F2N3O. The number of aromatic nitrogens is 2. The van der Waals surface area contributed by atoms with E-state index < -0.39 is 11.6 Å². The predicted molar refractivity (Wildman–Crippen MR) is 62.9 cm³/mol. The average molecular weight is 253 g/mol. The molecule has 4 nitrogen and oxygen atoms in total. The summed E-state index contributed by atoms with van der Waals surface area (Å²) in [5, 5.41) is 2.71. The maximum absolute atomic E-state index is 13.1. The predicted octanol–water partition coefficient (Wildman–Crippen LogP) is 1.84. The minimum atomic E-state index is -0.946. The molecule has 1 N–H and O–H groups in total. The third-order valence-corrected chi connectivity index (χ3v) is 2.55. The molecule has 1 aromatic carbocycles. The molecule has 96 valence electrons. The Hall–Kier alpha value is -1.98. The smallest absolute Gasteiger partial charge is 0.239 e. The molecule has 1 heterocycles. The van der Waals surface area contributed by atoms with E-state index in [0.717, 1.165) is 18.6 Å². The van der Waals surface area contributed by atoms with Crippen molar-refractivity contribution in [1.82, 2.24) is 14.9 Å². The molecule has 0 bridgehead atoms. The first-order valence-corrected chi connectivity index (χ1v) is 5.68. The number of hydrogen-bond acceptors (Lipinski definition) is 2. The first-order chi connectivity index (χ1) is 8.61. The number of carbonyl (C=O) groups is 1. The lowest BCUT2D eigenvalue weighted by atomic mass is 10.3. The third kappa shape index (κ3) is 2.47. The Bertz CT molecular complexity index is 580. The summed E-state index contributed by atoms with van der Waals surface area (Å²) in [6.45, 7) is 2.58. The number of nitrogens with one attached hydrogen (secondary N) is 1. The summed E-state index contributed by atoms with van der Waals surface area (Å²) in [6.07, 6.45) is 2.24. The number of nitrogens with zero attached hydrogens (tertiary/aromatic N) is 2. The van der Waals surface area contributed by atoms with Gasteiger partial charge in [-0.3, -0.25) is 4.79 Å². The fraction of sp³-hybridized carbons (Fsp3) is 0.333. The summed E-state index contributed by atoms with van der Waals surface area (Å²) in [6, 6.07) is 2.07. The molecule has 1 aromatic heterocycles. The maximum atomic E-state index is 13.1. The third-order valence-electron chi connectivity index (χ3n) is 2.55. The number of rotatable bonds is 4. The SMILES string of the molecule is CCCNC(=O)Cn1cnc2cc(F)c(F)cc21. The summed E-state index contributed by atoms with van der Waals surface area (Å²) in [5.41, 5.74) is 0.734. The highest BCUT2D eigenvalue weighted by Gasteiger charge is 2.10. The van der Waals surface area contributed by atoms with Crippen molar-refractivity contribution < 1.29 is 13.6 Å². The van der Waals surface area contributed by atoms with Gasteiger partial charge in [0, 0.05) is 18.7 Å². The summed E-state index contributed by atoms with van der Waals surface area (Å²) >= 11 is 0. The molecule has 0 unspecified atom stereocenters. The molecule has 6 heteroatoms. The summed E-state index contributed by atoms with van der Waals surface area (Å²) in [4.78, 5) is 15.5. The molecule has 2 rings (SSSR count). The van der Waals surface area contributed by atoms with Gasteiger partial charge in [-0.1, -0.05) is 6.92 Å². The van der Waals surface area contributed by atoms with Gasteiger partial charge in [0.2, 0.25) is 5.91 Å². The summed E-state index contributed by atoms with van der Waals surface area (Å²) in [5.74, 6) is -2.07. The van der Waals surface area contributed by atoms with Crippen LogP contribution in [0.3, 0.4) is 0 Å². The largest absolute Gasteiger partial charge is 0.355 e. The van der Waals surface area contributed by atoms with Gasteiger partial charge in [0.1, 0.15) is 6.54 Å². The lowest BCUT2D eigenvalue weighted by Gasteiger charge is -2.05. The van der Waals surface area contributed by atoms with E-state index in [4.69, 9.17) is 0 Å². The zero-order valence-corrected chi connectivity index (χ0v) is 9.91. The zero-order valence-electron chi connectivity index (χ0n) is 9.91. The number of fused-ring (bicyclic) bond motifs is 1. The van der Waals surface area contributed by atoms with Crippen LogP contribution in [0.1, 0.15) is 13.3 Å². The van der Waals surface area contributed by atoms with Gasteiger partial charge in [0.25, 0.3) is 0 Å².